The predicted molar refractivity (Wildman–Crippen MR) is 140 cm³/mol. The average Bonchev–Trinajstić information content (AvgIpc) is 3.30. The number of nitrogens with one attached hydrogen (secondary N) is 1. The third-order valence-electron chi connectivity index (χ3n) is 6.04. The molecule has 3 aromatic carbocycles. The highest BCUT2D eigenvalue weighted by molar-refractivity contribution is 6.01. The van der Waals surface area contributed by atoms with Gasteiger partial charge in [0.1, 0.15) is 29.7 Å². The van der Waals surface area contributed by atoms with E-state index in [-0.39, 0.29) is 12.5 Å². The molecule has 9 heteroatoms. The van der Waals surface area contributed by atoms with E-state index >= 15 is 0 Å². The third kappa shape index (κ3) is 6.11. The van der Waals surface area contributed by atoms with E-state index in [2.05, 4.69) is 29.5 Å². The largest absolute Gasteiger partial charge is 0.497 e. The van der Waals surface area contributed by atoms with Gasteiger partial charge in [-0.25, -0.2) is 9.07 Å². The molecule has 0 saturated heterocycles. The van der Waals surface area contributed by atoms with Crippen molar-refractivity contribution in [2.75, 3.05) is 18.6 Å². The molecule has 0 bridgehead atoms. The normalized spacial score (nSPS) is 11.9. The first-order valence-corrected chi connectivity index (χ1v) is 12.1. The minimum atomic E-state index is -1.01. The number of halogens is 1. The number of hydrogen-bond acceptors (Lipinski definition) is 5. The van der Waals surface area contributed by atoms with Crippen LogP contribution in [0.4, 0.5) is 10.1 Å². The van der Waals surface area contributed by atoms with Crippen LogP contribution in [0.15, 0.2) is 72.8 Å². The summed E-state index contributed by atoms with van der Waals surface area (Å²) >= 11 is 0. The van der Waals surface area contributed by atoms with E-state index in [1.807, 2.05) is 24.3 Å². The Balaban J connectivity index is 1.76. The van der Waals surface area contributed by atoms with Crippen LogP contribution in [0.3, 0.4) is 0 Å². The van der Waals surface area contributed by atoms with Crippen molar-refractivity contribution in [1.82, 2.24) is 20.3 Å². The van der Waals surface area contributed by atoms with Crippen molar-refractivity contribution in [3.63, 3.8) is 0 Å². The smallest absolute Gasteiger partial charge is 0.249 e. The molecule has 0 spiro atoms. The molecule has 4 aromatic rings. The minimum absolute atomic E-state index is 0.163. The summed E-state index contributed by atoms with van der Waals surface area (Å²) < 4.78 is 20.6. The van der Waals surface area contributed by atoms with Gasteiger partial charge in [-0.15, -0.1) is 5.10 Å². The van der Waals surface area contributed by atoms with Crippen LogP contribution < -0.4 is 15.0 Å². The van der Waals surface area contributed by atoms with E-state index in [1.54, 1.807) is 31.4 Å². The van der Waals surface area contributed by atoms with E-state index in [1.165, 1.54) is 33.8 Å². The van der Waals surface area contributed by atoms with E-state index in [9.17, 15) is 14.0 Å². The summed E-state index contributed by atoms with van der Waals surface area (Å²) in [7, 11) is 1.56. The molecule has 0 unspecified atom stereocenters. The van der Waals surface area contributed by atoms with Crippen molar-refractivity contribution in [1.29, 1.82) is 0 Å². The number of carbonyl (C=O) groups excluding carboxylic acids is 2. The first kappa shape index (κ1) is 25.8. The third-order valence-corrected chi connectivity index (χ3v) is 6.04. The highest BCUT2D eigenvalue weighted by Crippen LogP contribution is 2.30. The van der Waals surface area contributed by atoms with Gasteiger partial charge in [0.15, 0.2) is 0 Å². The number of aromatic nitrogens is 3. The number of nitrogens with zero attached hydrogens (tertiary/aromatic N) is 4. The zero-order valence-corrected chi connectivity index (χ0v) is 21.1. The summed E-state index contributed by atoms with van der Waals surface area (Å²) in [6.45, 7) is 4.44. The first-order chi connectivity index (χ1) is 17.9. The maximum Gasteiger partial charge on any atom is 0.249 e. The molecule has 0 aliphatic carbocycles. The highest BCUT2D eigenvalue weighted by Gasteiger charge is 2.33. The number of methoxy groups -OCH3 is 1. The van der Waals surface area contributed by atoms with Gasteiger partial charge in [-0.2, -0.15) is 0 Å². The van der Waals surface area contributed by atoms with E-state index in [0.29, 0.717) is 40.5 Å². The Morgan fingerprint density at radius 3 is 2.41 bits per heavy atom. The van der Waals surface area contributed by atoms with E-state index < -0.39 is 17.8 Å². The van der Waals surface area contributed by atoms with E-state index in [4.69, 9.17) is 4.74 Å². The average molecular weight is 504 g/mol. The number of amides is 2. The van der Waals surface area contributed by atoms with Crippen LogP contribution in [0.25, 0.3) is 11.0 Å². The van der Waals surface area contributed by atoms with Gasteiger partial charge in [0.25, 0.3) is 0 Å². The molecule has 0 saturated carbocycles. The quantitative estimate of drug-likeness (QED) is 0.344. The molecule has 8 nitrogen and oxygen atoms in total. The number of benzene rings is 3. The number of ether oxygens (including phenoxy) is 1. The Bertz CT molecular complexity index is 1350. The molecule has 1 heterocycles. The van der Waals surface area contributed by atoms with Crippen molar-refractivity contribution >= 4 is 28.5 Å². The van der Waals surface area contributed by atoms with Crippen LogP contribution in [0, 0.1) is 11.7 Å². The highest BCUT2D eigenvalue weighted by atomic mass is 19.1. The van der Waals surface area contributed by atoms with Gasteiger partial charge >= 0.3 is 0 Å². The van der Waals surface area contributed by atoms with Crippen molar-refractivity contribution in [2.24, 2.45) is 5.92 Å². The molecular formula is C28H30FN5O3. The number of para-hydroxylation sites is 1. The van der Waals surface area contributed by atoms with Gasteiger partial charge in [-0.1, -0.05) is 43.3 Å². The van der Waals surface area contributed by atoms with Crippen LogP contribution in [-0.2, 0) is 16.1 Å². The van der Waals surface area contributed by atoms with Crippen LogP contribution >= 0.6 is 0 Å². The molecule has 0 aliphatic rings. The van der Waals surface area contributed by atoms with Gasteiger partial charge in [-0.3, -0.25) is 14.5 Å². The second kappa shape index (κ2) is 11.6. The Labute approximate surface area is 215 Å². The Morgan fingerprint density at radius 1 is 1.03 bits per heavy atom. The zero-order valence-electron chi connectivity index (χ0n) is 21.1. The van der Waals surface area contributed by atoms with Crippen LogP contribution in [0.5, 0.6) is 5.75 Å². The standard InChI is InChI=1S/C28H30FN5O3/c1-19(2)16-17-30-28(36)27(20-8-14-23(37-3)15-9-20)34(22-12-10-21(29)11-13-22)26(35)18-33-25-7-5-4-6-24(25)31-32-33/h4-15,19,27H,16-18H2,1-3H3,(H,30,36)/t27-/m0/s1. The minimum Gasteiger partial charge on any atom is -0.497 e. The monoisotopic (exact) mass is 503 g/mol. The molecular weight excluding hydrogens is 473 g/mol. The molecule has 2 amide bonds. The van der Waals surface area contributed by atoms with Crippen LogP contribution in [0.1, 0.15) is 31.9 Å². The predicted octanol–water partition coefficient (Wildman–Crippen LogP) is 4.52. The first-order valence-electron chi connectivity index (χ1n) is 12.1. The molecule has 4 rings (SSSR count). The fraction of sp³-hybridized carbons (Fsp3) is 0.286. The van der Waals surface area contributed by atoms with Crippen molar-refractivity contribution in [3.05, 3.63) is 84.2 Å². The maximum absolute atomic E-state index is 13.9. The number of fused-ring (bicyclic) bond motifs is 1. The van der Waals surface area contributed by atoms with Gasteiger partial charge in [0.05, 0.1) is 12.6 Å². The van der Waals surface area contributed by atoms with Crippen molar-refractivity contribution in [2.45, 2.75) is 32.9 Å². The molecule has 0 radical (unpaired) electrons. The lowest BCUT2D eigenvalue weighted by molar-refractivity contribution is -0.127. The molecule has 0 aliphatic heterocycles. The lowest BCUT2D eigenvalue weighted by Gasteiger charge is -2.31. The lowest BCUT2D eigenvalue weighted by atomic mass is 10.0. The van der Waals surface area contributed by atoms with Gasteiger partial charge in [-0.05, 0) is 66.4 Å². The summed E-state index contributed by atoms with van der Waals surface area (Å²) in [6.07, 6.45) is 0.788. The van der Waals surface area contributed by atoms with Crippen molar-refractivity contribution < 1.29 is 18.7 Å². The molecule has 1 aromatic heterocycles. The summed E-state index contributed by atoms with van der Waals surface area (Å²) in [5, 5.41) is 11.2. The topological polar surface area (TPSA) is 89.4 Å². The van der Waals surface area contributed by atoms with E-state index in [0.717, 1.165) is 6.42 Å². The zero-order chi connectivity index (χ0) is 26.4. The second-order valence-electron chi connectivity index (χ2n) is 9.13. The summed E-state index contributed by atoms with van der Waals surface area (Å²) in [4.78, 5) is 28.9. The SMILES string of the molecule is COc1ccc([C@@H](C(=O)NCCC(C)C)N(C(=O)Cn2nnc3ccccc32)c2ccc(F)cc2)cc1. The fourth-order valence-electron chi connectivity index (χ4n) is 4.06. The molecule has 192 valence electrons. The number of carbonyl (C=O) groups is 2. The Morgan fingerprint density at radius 2 is 1.73 bits per heavy atom. The van der Waals surface area contributed by atoms with Gasteiger partial charge < -0.3 is 10.1 Å². The number of hydrogen-bond donors (Lipinski definition) is 1. The van der Waals surface area contributed by atoms with Gasteiger partial charge in [0, 0.05) is 12.2 Å². The molecule has 37 heavy (non-hydrogen) atoms. The van der Waals surface area contributed by atoms with Gasteiger partial charge in [0.2, 0.25) is 11.8 Å². The second-order valence-corrected chi connectivity index (χ2v) is 9.13. The summed E-state index contributed by atoms with van der Waals surface area (Å²) in [5.74, 6) is -0.165. The number of rotatable bonds is 10. The summed E-state index contributed by atoms with van der Waals surface area (Å²) in [6, 6.07) is 18.8. The Hall–Kier alpha value is -4.27. The molecule has 1 N–H and O–H groups in total. The molecule has 0 fully saturated rings. The Kier molecular flexibility index (Phi) is 8.12. The summed E-state index contributed by atoms with van der Waals surface area (Å²) in [5.41, 5.74) is 2.32. The maximum atomic E-state index is 13.9. The molecule has 1 atom stereocenters. The fourth-order valence-corrected chi connectivity index (χ4v) is 4.06. The lowest BCUT2D eigenvalue weighted by Crippen LogP contribution is -2.45. The number of anilines is 1. The van der Waals surface area contributed by atoms with Crippen LogP contribution in [-0.4, -0.2) is 40.5 Å². The van der Waals surface area contributed by atoms with Crippen LogP contribution in [0.2, 0.25) is 0 Å². The van der Waals surface area contributed by atoms with Crippen molar-refractivity contribution in [3.8, 4) is 5.75 Å².